The molecule has 5 heteroatoms. The summed E-state index contributed by atoms with van der Waals surface area (Å²) in [5, 5.41) is 9.82. The van der Waals surface area contributed by atoms with Gasteiger partial charge in [-0.2, -0.15) is 0 Å². The fourth-order valence-electron chi connectivity index (χ4n) is 2.93. The number of benzene rings is 1. The number of rotatable bonds is 1. The van der Waals surface area contributed by atoms with Crippen molar-refractivity contribution < 1.29 is 19.4 Å². The lowest BCUT2D eigenvalue weighted by Crippen LogP contribution is -2.57. The monoisotopic (exact) mass is 277 g/mol. The summed E-state index contributed by atoms with van der Waals surface area (Å²) in [4.78, 5) is 14.0. The SMILES string of the molecule is CC1(C)CN([C@H]2CCOc3ccccc32)C(=O)C(O)O1. The topological polar surface area (TPSA) is 59.0 Å². The predicted molar refractivity (Wildman–Crippen MR) is 72.2 cm³/mol. The standard InChI is InChI=1S/C15H19NO4/c1-15(2)9-16(13(17)14(18)20-15)11-7-8-19-12-6-4-3-5-10(11)12/h3-6,11,14,18H,7-9H2,1-2H3/t11-,14?/m0/s1. The van der Waals surface area contributed by atoms with Crippen LogP contribution in [-0.2, 0) is 9.53 Å². The van der Waals surface area contributed by atoms with Crippen molar-refractivity contribution in [2.45, 2.75) is 38.2 Å². The number of para-hydroxylation sites is 1. The van der Waals surface area contributed by atoms with Crippen LogP contribution in [0, 0.1) is 0 Å². The van der Waals surface area contributed by atoms with Crippen molar-refractivity contribution in [3.63, 3.8) is 0 Å². The Morgan fingerprint density at radius 3 is 2.90 bits per heavy atom. The minimum Gasteiger partial charge on any atom is -0.493 e. The molecule has 0 radical (unpaired) electrons. The van der Waals surface area contributed by atoms with Crippen molar-refractivity contribution in [2.75, 3.05) is 13.2 Å². The molecule has 1 saturated heterocycles. The van der Waals surface area contributed by atoms with Gasteiger partial charge in [0, 0.05) is 12.0 Å². The molecular formula is C15H19NO4. The minimum atomic E-state index is -1.38. The lowest BCUT2D eigenvalue weighted by molar-refractivity contribution is -0.225. The molecule has 1 aromatic rings. The average molecular weight is 277 g/mol. The van der Waals surface area contributed by atoms with Crippen LogP contribution in [-0.4, -0.2) is 41.0 Å². The molecule has 1 unspecified atom stereocenters. The summed E-state index contributed by atoms with van der Waals surface area (Å²) >= 11 is 0. The van der Waals surface area contributed by atoms with Crippen molar-refractivity contribution in [1.82, 2.24) is 4.90 Å². The minimum absolute atomic E-state index is 0.0646. The molecule has 1 fully saturated rings. The lowest BCUT2D eigenvalue weighted by atomic mass is 9.96. The molecule has 2 heterocycles. The zero-order valence-electron chi connectivity index (χ0n) is 11.7. The number of hydrogen-bond donors (Lipinski definition) is 1. The number of fused-ring (bicyclic) bond motifs is 1. The van der Waals surface area contributed by atoms with E-state index in [9.17, 15) is 9.90 Å². The van der Waals surface area contributed by atoms with Crippen LogP contribution in [0.5, 0.6) is 5.75 Å². The summed E-state index contributed by atoms with van der Waals surface area (Å²) in [6, 6.07) is 7.67. The number of carbonyl (C=O) groups excluding carboxylic acids is 1. The van der Waals surface area contributed by atoms with E-state index in [1.54, 1.807) is 4.90 Å². The Balaban J connectivity index is 1.94. The molecule has 0 aliphatic carbocycles. The van der Waals surface area contributed by atoms with E-state index in [4.69, 9.17) is 9.47 Å². The van der Waals surface area contributed by atoms with E-state index in [0.29, 0.717) is 13.2 Å². The quantitative estimate of drug-likeness (QED) is 0.844. The number of ether oxygens (including phenoxy) is 2. The van der Waals surface area contributed by atoms with Crippen LogP contribution in [0.2, 0.25) is 0 Å². The maximum Gasteiger partial charge on any atom is 0.280 e. The zero-order valence-corrected chi connectivity index (χ0v) is 11.7. The highest BCUT2D eigenvalue weighted by Crippen LogP contribution is 2.38. The van der Waals surface area contributed by atoms with Gasteiger partial charge in [-0.15, -0.1) is 0 Å². The predicted octanol–water partition coefficient (Wildman–Crippen LogP) is 1.47. The van der Waals surface area contributed by atoms with Crippen molar-refractivity contribution in [3.8, 4) is 5.75 Å². The number of carbonyl (C=O) groups is 1. The van der Waals surface area contributed by atoms with E-state index in [1.807, 2.05) is 38.1 Å². The smallest absolute Gasteiger partial charge is 0.280 e. The van der Waals surface area contributed by atoms with Gasteiger partial charge >= 0.3 is 0 Å². The molecule has 1 N–H and O–H groups in total. The van der Waals surface area contributed by atoms with Gasteiger partial charge in [-0.25, -0.2) is 0 Å². The first kappa shape index (κ1) is 13.4. The normalized spacial score (nSPS) is 28.8. The van der Waals surface area contributed by atoms with Crippen LogP contribution in [0.4, 0.5) is 0 Å². The van der Waals surface area contributed by atoms with Crippen LogP contribution in [0.25, 0.3) is 0 Å². The highest BCUT2D eigenvalue weighted by molar-refractivity contribution is 5.81. The van der Waals surface area contributed by atoms with Crippen LogP contribution < -0.4 is 4.74 Å². The third-order valence-corrected chi connectivity index (χ3v) is 3.78. The van der Waals surface area contributed by atoms with E-state index < -0.39 is 11.9 Å². The van der Waals surface area contributed by atoms with Gasteiger partial charge in [0.05, 0.1) is 24.8 Å². The molecular weight excluding hydrogens is 258 g/mol. The molecule has 5 nitrogen and oxygen atoms in total. The number of aliphatic hydroxyl groups is 1. The summed E-state index contributed by atoms with van der Waals surface area (Å²) in [5.41, 5.74) is 0.442. The van der Waals surface area contributed by atoms with Crippen LogP contribution >= 0.6 is 0 Å². The van der Waals surface area contributed by atoms with E-state index in [1.165, 1.54) is 0 Å². The molecule has 0 bridgehead atoms. The second-order valence-corrected chi connectivity index (χ2v) is 5.89. The number of morpholine rings is 1. The summed E-state index contributed by atoms with van der Waals surface area (Å²) in [6.07, 6.45) is -0.653. The first-order valence-corrected chi connectivity index (χ1v) is 6.86. The summed E-state index contributed by atoms with van der Waals surface area (Å²) in [7, 11) is 0. The fraction of sp³-hybridized carbons (Fsp3) is 0.533. The molecule has 0 spiro atoms. The number of amides is 1. The Hall–Kier alpha value is -1.59. The molecule has 2 aliphatic rings. The van der Waals surface area contributed by atoms with Crippen LogP contribution in [0.3, 0.4) is 0 Å². The van der Waals surface area contributed by atoms with Crippen LogP contribution in [0.1, 0.15) is 31.9 Å². The van der Waals surface area contributed by atoms with Gasteiger partial charge in [0.25, 0.3) is 5.91 Å². The summed E-state index contributed by atoms with van der Waals surface area (Å²) in [5.74, 6) is 0.446. The zero-order chi connectivity index (χ0) is 14.3. The third-order valence-electron chi connectivity index (χ3n) is 3.78. The van der Waals surface area contributed by atoms with Crippen molar-refractivity contribution in [1.29, 1.82) is 0 Å². The molecule has 0 saturated carbocycles. The number of aliphatic hydroxyl groups excluding tert-OH is 1. The average Bonchev–Trinajstić information content (AvgIpc) is 2.42. The third kappa shape index (κ3) is 2.27. The Bertz CT molecular complexity index is 528. The molecule has 0 aromatic heterocycles. The Labute approximate surface area is 118 Å². The maximum absolute atomic E-state index is 12.2. The molecule has 2 atom stereocenters. The van der Waals surface area contributed by atoms with E-state index in [0.717, 1.165) is 17.7 Å². The van der Waals surface area contributed by atoms with Gasteiger partial charge in [0.1, 0.15) is 5.75 Å². The molecule has 108 valence electrons. The van der Waals surface area contributed by atoms with Crippen molar-refractivity contribution >= 4 is 5.91 Å². The molecule has 1 aromatic carbocycles. The Morgan fingerprint density at radius 2 is 2.10 bits per heavy atom. The molecule has 20 heavy (non-hydrogen) atoms. The van der Waals surface area contributed by atoms with Gasteiger partial charge in [-0.05, 0) is 19.9 Å². The van der Waals surface area contributed by atoms with Crippen molar-refractivity contribution in [2.24, 2.45) is 0 Å². The first-order valence-electron chi connectivity index (χ1n) is 6.86. The number of hydrogen-bond acceptors (Lipinski definition) is 4. The van der Waals surface area contributed by atoms with Crippen molar-refractivity contribution in [3.05, 3.63) is 29.8 Å². The van der Waals surface area contributed by atoms with Gasteiger partial charge in [0.2, 0.25) is 6.29 Å². The van der Waals surface area contributed by atoms with Gasteiger partial charge in [-0.1, -0.05) is 18.2 Å². The van der Waals surface area contributed by atoms with Gasteiger partial charge in [-0.3, -0.25) is 4.79 Å². The first-order chi connectivity index (χ1) is 9.48. The fourth-order valence-corrected chi connectivity index (χ4v) is 2.93. The molecule has 2 aliphatic heterocycles. The van der Waals surface area contributed by atoms with E-state index in [2.05, 4.69) is 0 Å². The molecule has 3 rings (SSSR count). The van der Waals surface area contributed by atoms with E-state index >= 15 is 0 Å². The van der Waals surface area contributed by atoms with Crippen LogP contribution in [0.15, 0.2) is 24.3 Å². The molecule has 1 amide bonds. The second-order valence-electron chi connectivity index (χ2n) is 5.89. The second kappa shape index (κ2) is 4.75. The summed E-state index contributed by atoms with van der Waals surface area (Å²) < 4.78 is 11.0. The maximum atomic E-state index is 12.2. The highest BCUT2D eigenvalue weighted by atomic mass is 16.6. The van der Waals surface area contributed by atoms with Gasteiger partial charge < -0.3 is 19.5 Å². The Morgan fingerprint density at radius 1 is 1.35 bits per heavy atom. The van der Waals surface area contributed by atoms with E-state index in [-0.39, 0.29) is 11.9 Å². The highest BCUT2D eigenvalue weighted by Gasteiger charge is 2.43. The summed E-state index contributed by atoms with van der Waals surface area (Å²) in [6.45, 7) is 4.78. The largest absolute Gasteiger partial charge is 0.493 e. The number of nitrogens with zero attached hydrogens (tertiary/aromatic N) is 1. The lowest BCUT2D eigenvalue weighted by Gasteiger charge is -2.45. The van der Waals surface area contributed by atoms with Gasteiger partial charge in [0.15, 0.2) is 0 Å². The Kier molecular flexibility index (Phi) is 3.18.